The van der Waals surface area contributed by atoms with E-state index >= 15 is 0 Å². The predicted octanol–water partition coefficient (Wildman–Crippen LogP) is 4.74. The molecule has 1 amide bonds. The number of oxazole rings is 2. The fraction of sp³-hybridized carbons (Fsp3) is 0.125. The van der Waals surface area contributed by atoms with E-state index in [9.17, 15) is 9.59 Å². The maximum atomic E-state index is 12.4. The minimum Gasteiger partial charge on any atom is -0.436 e. The van der Waals surface area contributed by atoms with Gasteiger partial charge in [0.25, 0.3) is 0 Å². The lowest BCUT2D eigenvalue weighted by molar-refractivity contribution is -0.116. The number of hydrogen-bond acceptors (Lipinski definition) is 5. The summed E-state index contributed by atoms with van der Waals surface area (Å²) in [6.07, 6.45) is 0.148. The highest BCUT2D eigenvalue weighted by atomic mass is 16.4. The van der Waals surface area contributed by atoms with E-state index in [2.05, 4.69) is 10.3 Å². The van der Waals surface area contributed by atoms with Gasteiger partial charge in [-0.1, -0.05) is 18.2 Å². The lowest BCUT2D eigenvalue weighted by Crippen LogP contribution is -2.19. The van der Waals surface area contributed by atoms with E-state index in [-0.39, 0.29) is 18.9 Å². The van der Waals surface area contributed by atoms with Crippen LogP contribution in [0.25, 0.3) is 33.7 Å². The van der Waals surface area contributed by atoms with Gasteiger partial charge >= 0.3 is 5.76 Å². The molecule has 0 spiro atoms. The van der Waals surface area contributed by atoms with Crippen molar-refractivity contribution in [1.29, 1.82) is 0 Å². The van der Waals surface area contributed by atoms with E-state index in [1.54, 1.807) is 30.3 Å². The first-order chi connectivity index (χ1) is 15.1. The number of anilines is 1. The molecule has 5 aromatic rings. The van der Waals surface area contributed by atoms with Crippen LogP contribution in [0.3, 0.4) is 0 Å². The summed E-state index contributed by atoms with van der Waals surface area (Å²) >= 11 is 0. The van der Waals surface area contributed by atoms with Crippen molar-refractivity contribution in [2.24, 2.45) is 0 Å². The normalized spacial score (nSPS) is 11.3. The van der Waals surface area contributed by atoms with Gasteiger partial charge in [-0.05, 0) is 61.0 Å². The number of carbonyl (C=O) groups is 1. The first-order valence-electron chi connectivity index (χ1n) is 9.93. The Bertz CT molecular complexity index is 1460. The molecule has 0 unspecified atom stereocenters. The molecule has 0 saturated carbocycles. The molecule has 0 aliphatic carbocycles. The molecule has 5 rings (SSSR count). The third-order valence-electron chi connectivity index (χ3n) is 5.09. The van der Waals surface area contributed by atoms with Gasteiger partial charge in [0.2, 0.25) is 11.8 Å². The Labute approximate surface area is 176 Å². The van der Waals surface area contributed by atoms with E-state index in [0.29, 0.717) is 22.7 Å². The number of carbonyl (C=O) groups excluding carboxylic acids is 1. The molecule has 2 aromatic heterocycles. The number of benzene rings is 3. The summed E-state index contributed by atoms with van der Waals surface area (Å²) in [6, 6.07) is 20.3. The topological polar surface area (TPSA) is 90.3 Å². The maximum Gasteiger partial charge on any atom is 0.419 e. The molecule has 7 heteroatoms. The van der Waals surface area contributed by atoms with Gasteiger partial charge in [0.05, 0.1) is 5.52 Å². The Balaban J connectivity index is 1.26. The summed E-state index contributed by atoms with van der Waals surface area (Å²) in [6.45, 7) is 2.25. The Kier molecular flexibility index (Phi) is 4.63. The molecule has 0 aliphatic heterocycles. The molecule has 31 heavy (non-hydrogen) atoms. The van der Waals surface area contributed by atoms with E-state index < -0.39 is 5.76 Å². The van der Waals surface area contributed by atoms with Gasteiger partial charge in [0, 0.05) is 24.2 Å². The number of hydrogen-bond donors (Lipinski definition) is 1. The Morgan fingerprint density at radius 1 is 1.00 bits per heavy atom. The van der Waals surface area contributed by atoms with Gasteiger partial charge in [0.1, 0.15) is 5.52 Å². The molecule has 0 saturated heterocycles. The molecule has 0 aliphatic rings. The summed E-state index contributed by atoms with van der Waals surface area (Å²) in [4.78, 5) is 28.9. The number of nitrogens with one attached hydrogen (secondary N) is 1. The first-order valence-corrected chi connectivity index (χ1v) is 9.93. The minimum absolute atomic E-state index is 0.148. The lowest BCUT2D eigenvalue weighted by Gasteiger charge is -2.06. The molecule has 0 atom stereocenters. The molecule has 0 radical (unpaired) electrons. The summed E-state index contributed by atoms with van der Waals surface area (Å²) < 4.78 is 12.5. The molecular weight excluding hydrogens is 394 g/mol. The van der Waals surface area contributed by atoms with Crippen LogP contribution in [-0.4, -0.2) is 15.5 Å². The summed E-state index contributed by atoms with van der Waals surface area (Å²) in [5, 5.41) is 2.85. The third-order valence-corrected chi connectivity index (χ3v) is 5.09. The van der Waals surface area contributed by atoms with Gasteiger partial charge in [-0.25, -0.2) is 9.78 Å². The number of amides is 1. The van der Waals surface area contributed by atoms with Crippen LogP contribution in [0.1, 0.15) is 12.0 Å². The first kappa shape index (κ1) is 18.9. The van der Waals surface area contributed by atoms with Crippen LogP contribution in [0.4, 0.5) is 5.69 Å². The van der Waals surface area contributed by atoms with Crippen LogP contribution in [0.15, 0.2) is 80.4 Å². The van der Waals surface area contributed by atoms with Crippen LogP contribution in [0, 0.1) is 6.92 Å². The number of para-hydroxylation sites is 2. The zero-order chi connectivity index (χ0) is 21.4. The highest BCUT2D eigenvalue weighted by molar-refractivity contribution is 5.91. The quantitative estimate of drug-likeness (QED) is 0.449. The largest absolute Gasteiger partial charge is 0.436 e. The van der Waals surface area contributed by atoms with Crippen LogP contribution in [0.5, 0.6) is 0 Å². The van der Waals surface area contributed by atoms with Crippen molar-refractivity contribution in [3.05, 3.63) is 82.8 Å². The van der Waals surface area contributed by atoms with Crippen molar-refractivity contribution in [2.75, 3.05) is 5.32 Å². The third kappa shape index (κ3) is 3.73. The zero-order valence-corrected chi connectivity index (χ0v) is 16.8. The van der Waals surface area contributed by atoms with Gasteiger partial charge in [-0.15, -0.1) is 0 Å². The number of rotatable bonds is 5. The molecule has 7 nitrogen and oxygen atoms in total. The fourth-order valence-corrected chi connectivity index (χ4v) is 3.52. The van der Waals surface area contributed by atoms with Crippen molar-refractivity contribution >= 4 is 33.8 Å². The van der Waals surface area contributed by atoms with Crippen molar-refractivity contribution in [2.45, 2.75) is 19.9 Å². The van der Waals surface area contributed by atoms with E-state index in [4.69, 9.17) is 8.83 Å². The van der Waals surface area contributed by atoms with E-state index in [0.717, 1.165) is 22.2 Å². The molecule has 2 heterocycles. The smallest absolute Gasteiger partial charge is 0.419 e. The second kappa shape index (κ2) is 7.60. The van der Waals surface area contributed by atoms with Gasteiger partial charge in [0.15, 0.2) is 11.2 Å². The van der Waals surface area contributed by atoms with Crippen LogP contribution in [-0.2, 0) is 11.3 Å². The van der Waals surface area contributed by atoms with Gasteiger partial charge < -0.3 is 14.2 Å². The number of nitrogens with zero attached hydrogens (tertiary/aromatic N) is 2. The molecular formula is C24H19N3O4. The highest BCUT2D eigenvalue weighted by Gasteiger charge is 2.12. The second-order valence-electron chi connectivity index (χ2n) is 7.35. The molecule has 154 valence electrons. The average Bonchev–Trinajstić information content (AvgIpc) is 3.32. The summed E-state index contributed by atoms with van der Waals surface area (Å²) in [5.41, 5.74) is 5.34. The molecule has 3 aromatic carbocycles. The van der Waals surface area contributed by atoms with E-state index in [1.165, 1.54) is 4.57 Å². The number of fused-ring (bicyclic) bond motifs is 2. The average molecular weight is 413 g/mol. The summed E-state index contributed by atoms with van der Waals surface area (Å²) in [7, 11) is 0. The van der Waals surface area contributed by atoms with Crippen molar-refractivity contribution in [1.82, 2.24) is 9.55 Å². The van der Waals surface area contributed by atoms with Crippen molar-refractivity contribution in [3.63, 3.8) is 0 Å². The Hall–Kier alpha value is -4.13. The maximum absolute atomic E-state index is 12.4. The molecule has 0 bridgehead atoms. The SMILES string of the molecule is Cc1ccc2oc(-c3ccc(NC(=O)CCn4c(=O)oc5ccccc54)cc3)nc2c1. The fourth-order valence-electron chi connectivity index (χ4n) is 3.52. The van der Waals surface area contributed by atoms with E-state index in [1.807, 2.05) is 43.3 Å². The Morgan fingerprint density at radius 2 is 1.81 bits per heavy atom. The lowest BCUT2D eigenvalue weighted by atomic mass is 10.2. The van der Waals surface area contributed by atoms with Crippen LogP contribution in [0.2, 0.25) is 0 Å². The van der Waals surface area contributed by atoms with Crippen LogP contribution >= 0.6 is 0 Å². The van der Waals surface area contributed by atoms with Gasteiger partial charge in [-0.2, -0.15) is 0 Å². The monoisotopic (exact) mass is 413 g/mol. The number of aryl methyl sites for hydroxylation is 2. The zero-order valence-electron chi connectivity index (χ0n) is 16.8. The predicted molar refractivity (Wildman–Crippen MR) is 118 cm³/mol. The molecule has 1 N–H and O–H groups in total. The van der Waals surface area contributed by atoms with Crippen molar-refractivity contribution in [3.8, 4) is 11.5 Å². The second-order valence-corrected chi connectivity index (χ2v) is 7.35. The van der Waals surface area contributed by atoms with Crippen LogP contribution < -0.4 is 11.1 Å². The summed E-state index contributed by atoms with van der Waals surface area (Å²) in [5.74, 6) is -0.126. The number of aromatic nitrogens is 2. The minimum atomic E-state index is -0.466. The van der Waals surface area contributed by atoms with Crippen molar-refractivity contribution < 1.29 is 13.6 Å². The van der Waals surface area contributed by atoms with Gasteiger partial charge in [-0.3, -0.25) is 9.36 Å². The Morgan fingerprint density at radius 3 is 2.65 bits per heavy atom. The molecule has 0 fully saturated rings. The highest BCUT2D eigenvalue weighted by Crippen LogP contribution is 2.26. The standard InChI is InChI=1S/C24H19N3O4/c1-15-6-11-20-18(14-15)26-23(30-20)16-7-9-17(10-8-16)25-22(28)12-13-27-19-4-2-3-5-21(19)31-24(27)29/h2-11,14H,12-13H2,1H3,(H,25,28).